The van der Waals surface area contributed by atoms with Gasteiger partial charge in [0.25, 0.3) is 0 Å². The molecule has 4 nitrogen and oxygen atoms in total. The molecular formula is C25H20F6N2O2. The van der Waals surface area contributed by atoms with Gasteiger partial charge in [0.2, 0.25) is 0 Å². The summed E-state index contributed by atoms with van der Waals surface area (Å²) in [5, 5.41) is 0. The summed E-state index contributed by atoms with van der Waals surface area (Å²) in [6.07, 6.45) is -7.94. The molecule has 2 bridgehead atoms. The lowest BCUT2D eigenvalue weighted by Gasteiger charge is -2.21. The van der Waals surface area contributed by atoms with E-state index in [4.69, 9.17) is 20.9 Å². The minimum Gasteiger partial charge on any atom is -0.487 e. The molecule has 1 saturated carbocycles. The van der Waals surface area contributed by atoms with Gasteiger partial charge in [-0.25, -0.2) is 0 Å². The van der Waals surface area contributed by atoms with Gasteiger partial charge in [-0.15, -0.1) is 0 Å². The highest BCUT2D eigenvalue weighted by Crippen LogP contribution is 2.56. The number of fused-ring (bicyclic) bond motifs is 5. The van der Waals surface area contributed by atoms with Crippen molar-refractivity contribution in [2.75, 3.05) is 11.5 Å². The summed E-state index contributed by atoms with van der Waals surface area (Å²) in [6.45, 7) is 0. The van der Waals surface area contributed by atoms with Crippen molar-refractivity contribution in [3.8, 4) is 17.2 Å². The molecule has 2 aliphatic rings. The summed E-state index contributed by atoms with van der Waals surface area (Å²) in [7, 11) is 0. The van der Waals surface area contributed by atoms with Crippen LogP contribution in [0.3, 0.4) is 0 Å². The van der Waals surface area contributed by atoms with Gasteiger partial charge in [0.15, 0.2) is 5.75 Å². The van der Waals surface area contributed by atoms with E-state index in [1.54, 1.807) is 12.1 Å². The smallest absolute Gasteiger partial charge is 0.416 e. The van der Waals surface area contributed by atoms with E-state index in [-0.39, 0.29) is 34.7 Å². The molecule has 3 aromatic rings. The Labute approximate surface area is 196 Å². The second-order valence-electron chi connectivity index (χ2n) is 8.77. The van der Waals surface area contributed by atoms with Gasteiger partial charge in [0, 0.05) is 11.8 Å². The molecule has 35 heavy (non-hydrogen) atoms. The maximum Gasteiger partial charge on any atom is 0.416 e. The molecule has 3 aromatic carbocycles. The van der Waals surface area contributed by atoms with Crippen molar-refractivity contribution >= 4 is 11.4 Å². The number of hydrogen-bond acceptors (Lipinski definition) is 4. The first kappa shape index (κ1) is 23.2. The average Bonchev–Trinajstić information content (AvgIpc) is 3.30. The van der Waals surface area contributed by atoms with E-state index in [9.17, 15) is 26.3 Å². The lowest BCUT2D eigenvalue weighted by molar-refractivity contribution is -0.138. The van der Waals surface area contributed by atoms with Crippen LogP contribution < -0.4 is 20.9 Å². The van der Waals surface area contributed by atoms with Gasteiger partial charge < -0.3 is 20.9 Å². The first-order valence-electron chi connectivity index (χ1n) is 10.8. The maximum atomic E-state index is 13.2. The molecule has 0 saturated heterocycles. The molecule has 4 N–H and O–H groups in total. The van der Waals surface area contributed by atoms with Crippen LogP contribution in [0.25, 0.3) is 0 Å². The van der Waals surface area contributed by atoms with Gasteiger partial charge in [-0.2, -0.15) is 26.3 Å². The normalized spacial score (nSPS) is 21.1. The number of ether oxygens (including phenoxy) is 2. The molecule has 3 atom stereocenters. The molecule has 1 fully saturated rings. The lowest BCUT2D eigenvalue weighted by atomic mass is 9.92. The number of benzene rings is 3. The number of rotatable bonds is 4. The van der Waals surface area contributed by atoms with Gasteiger partial charge in [-0.1, -0.05) is 6.07 Å². The highest BCUT2D eigenvalue weighted by Gasteiger charge is 2.48. The fourth-order valence-electron chi connectivity index (χ4n) is 4.96. The molecule has 184 valence electrons. The Hall–Kier alpha value is -3.56. The lowest BCUT2D eigenvalue weighted by Crippen LogP contribution is -2.20. The van der Waals surface area contributed by atoms with Crippen LogP contribution >= 0.6 is 0 Å². The number of hydrogen-bond donors (Lipinski definition) is 2. The van der Waals surface area contributed by atoms with E-state index in [2.05, 4.69) is 0 Å². The molecule has 5 rings (SSSR count). The third-order valence-electron chi connectivity index (χ3n) is 6.61. The Morgan fingerprint density at radius 1 is 0.657 bits per heavy atom. The molecule has 0 spiro atoms. The Kier molecular flexibility index (Phi) is 5.30. The second-order valence-corrected chi connectivity index (χ2v) is 8.77. The van der Waals surface area contributed by atoms with Crippen molar-refractivity contribution in [2.24, 2.45) is 0 Å². The molecule has 0 radical (unpaired) electrons. The Morgan fingerprint density at radius 3 is 1.80 bits per heavy atom. The summed E-state index contributed by atoms with van der Waals surface area (Å²) in [6, 6.07) is 11.0. The Morgan fingerprint density at radius 2 is 1.20 bits per heavy atom. The Balaban J connectivity index is 1.41. The van der Waals surface area contributed by atoms with Gasteiger partial charge in [0.1, 0.15) is 17.6 Å². The number of anilines is 2. The third-order valence-corrected chi connectivity index (χ3v) is 6.61. The zero-order valence-electron chi connectivity index (χ0n) is 18.1. The standard InChI is InChI=1S/C25H20F6N2O2/c26-24(27,28)12-1-7-19(32)21(9-12)34-14-3-4-15-16-5-6-17(18(15)11-14)23(16)35-22-10-13(25(29,30)31)2-8-20(22)33/h1-4,7-11,16-17,23H,5-6,32-33H2. The number of nitrogen functional groups attached to an aromatic ring is 2. The number of nitrogens with two attached hydrogens (primary N) is 2. The summed E-state index contributed by atoms with van der Waals surface area (Å²) < 4.78 is 90.4. The minimum absolute atomic E-state index is 0.0252. The zero-order chi connectivity index (χ0) is 25.1. The second kappa shape index (κ2) is 8.00. The van der Waals surface area contributed by atoms with Crippen LogP contribution in [0.5, 0.6) is 17.2 Å². The fraction of sp³-hybridized carbons (Fsp3) is 0.280. The largest absolute Gasteiger partial charge is 0.487 e. The monoisotopic (exact) mass is 494 g/mol. The van der Waals surface area contributed by atoms with E-state index >= 15 is 0 Å². The quantitative estimate of drug-likeness (QED) is 0.300. The summed E-state index contributed by atoms with van der Waals surface area (Å²) in [5.41, 5.74) is 12.0. The van der Waals surface area contributed by atoms with Gasteiger partial charge in [0.05, 0.1) is 22.5 Å². The average molecular weight is 494 g/mol. The molecule has 10 heteroatoms. The van der Waals surface area contributed by atoms with E-state index in [0.29, 0.717) is 5.75 Å². The summed E-state index contributed by atoms with van der Waals surface area (Å²) in [4.78, 5) is 0. The van der Waals surface area contributed by atoms with Crippen LogP contribution in [-0.2, 0) is 12.4 Å². The molecule has 0 aromatic heterocycles. The maximum absolute atomic E-state index is 13.2. The van der Waals surface area contributed by atoms with Crippen molar-refractivity contribution in [3.63, 3.8) is 0 Å². The molecule has 3 unspecified atom stereocenters. The SMILES string of the molecule is Nc1ccc(C(F)(F)F)cc1Oc1ccc2c(c1)C1CCC2C1Oc1cc(C(F)(F)F)ccc1N. The Bertz CT molecular complexity index is 1290. The topological polar surface area (TPSA) is 70.5 Å². The van der Waals surface area contributed by atoms with E-state index in [1.165, 1.54) is 6.07 Å². The van der Waals surface area contributed by atoms with E-state index in [0.717, 1.165) is 54.3 Å². The van der Waals surface area contributed by atoms with Crippen molar-refractivity contribution in [1.29, 1.82) is 0 Å². The predicted molar refractivity (Wildman–Crippen MR) is 117 cm³/mol. The summed E-state index contributed by atoms with van der Waals surface area (Å²) in [5.74, 6) is -0.00200. The van der Waals surface area contributed by atoms with Crippen LogP contribution in [0, 0.1) is 0 Å². The van der Waals surface area contributed by atoms with Crippen LogP contribution in [0.4, 0.5) is 37.7 Å². The van der Waals surface area contributed by atoms with Crippen LogP contribution in [-0.4, -0.2) is 6.10 Å². The zero-order valence-corrected chi connectivity index (χ0v) is 18.1. The van der Waals surface area contributed by atoms with E-state index in [1.807, 2.05) is 6.07 Å². The molecule has 2 aliphatic carbocycles. The first-order valence-corrected chi connectivity index (χ1v) is 10.8. The first-order chi connectivity index (χ1) is 16.4. The van der Waals surface area contributed by atoms with Gasteiger partial charge in [-0.05, 0) is 72.5 Å². The van der Waals surface area contributed by atoms with Crippen molar-refractivity contribution in [2.45, 2.75) is 43.1 Å². The minimum atomic E-state index is -4.54. The third kappa shape index (κ3) is 4.21. The van der Waals surface area contributed by atoms with Crippen LogP contribution in [0.15, 0.2) is 54.6 Å². The molecule has 0 aliphatic heterocycles. The highest BCUT2D eigenvalue weighted by atomic mass is 19.4. The predicted octanol–water partition coefficient (Wildman–Crippen LogP) is 7.10. The van der Waals surface area contributed by atoms with Crippen LogP contribution in [0.2, 0.25) is 0 Å². The number of alkyl halides is 6. The van der Waals surface area contributed by atoms with E-state index < -0.39 is 29.6 Å². The number of halogens is 6. The van der Waals surface area contributed by atoms with Gasteiger partial charge >= 0.3 is 12.4 Å². The molecule has 0 amide bonds. The molecular weight excluding hydrogens is 474 g/mol. The van der Waals surface area contributed by atoms with Crippen molar-refractivity contribution in [3.05, 3.63) is 76.9 Å². The van der Waals surface area contributed by atoms with Crippen LogP contribution in [0.1, 0.15) is 46.9 Å². The molecule has 0 heterocycles. The summed E-state index contributed by atoms with van der Waals surface area (Å²) >= 11 is 0. The van der Waals surface area contributed by atoms with Crippen molar-refractivity contribution < 1.29 is 35.8 Å². The fourth-order valence-corrected chi connectivity index (χ4v) is 4.96. The van der Waals surface area contributed by atoms with Gasteiger partial charge in [-0.3, -0.25) is 0 Å². The van der Waals surface area contributed by atoms with Crippen molar-refractivity contribution in [1.82, 2.24) is 0 Å². The highest BCUT2D eigenvalue weighted by molar-refractivity contribution is 5.58.